The number of amides is 3. The Balaban J connectivity index is 1.59. The van der Waals surface area contributed by atoms with E-state index in [2.05, 4.69) is 21.9 Å². The molecule has 204 valence electrons. The zero-order valence-corrected chi connectivity index (χ0v) is 22.5. The number of carbonyl (C=O) groups is 3. The van der Waals surface area contributed by atoms with Crippen LogP contribution in [0.25, 0.3) is 16.8 Å². The molecule has 0 bridgehead atoms. The maximum Gasteiger partial charge on any atom is 0.256 e. The highest BCUT2D eigenvalue weighted by atomic mass is 16.2. The number of benzene rings is 1. The molecule has 3 amide bonds. The molecule has 1 aliphatic rings. The van der Waals surface area contributed by atoms with Crippen LogP contribution >= 0.6 is 0 Å². The summed E-state index contributed by atoms with van der Waals surface area (Å²) in [5, 5.41) is 2.77. The molecule has 5 rings (SSSR count). The van der Waals surface area contributed by atoms with Gasteiger partial charge in [-0.1, -0.05) is 24.8 Å². The lowest BCUT2D eigenvalue weighted by atomic mass is 9.97. The molecule has 1 unspecified atom stereocenters. The van der Waals surface area contributed by atoms with Gasteiger partial charge in [-0.15, -0.1) is 0 Å². The minimum Gasteiger partial charge on any atom is -0.382 e. The van der Waals surface area contributed by atoms with Crippen LogP contribution in [0.1, 0.15) is 43.0 Å². The normalized spacial score (nSPS) is 18.9. The number of imidazole rings is 1. The minimum absolute atomic E-state index is 0.0862. The molecule has 4 aromatic rings. The lowest BCUT2D eigenvalue weighted by Gasteiger charge is -2.48. The van der Waals surface area contributed by atoms with Gasteiger partial charge in [0.2, 0.25) is 11.8 Å². The molecule has 1 aliphatic heterocycles. The van der Waals surface area contributed by atoms with Gasteiger partial charge < -0.3 is 20.9 Å². The Morgan fingerprint density at radius 1 is 1.07 bits per heavy atom. The number of pyridine rings is 1. The van der Waals surface area contributed by atoms with Gasteiger partial charge in [0, 0.05) is 49.2 Å². The molecule has 3 aromatic heterocycles. The third-order valence-corrected chi connectivity index (χ3v) is 7.22. The van der Waals surface area contributed by atoms with Crippen molar-refractivity contribution in [2.45, 2.75) is 38.9 Å². The summed E-state index contributed by atoms with van der Waals surface area (Å²) >= 11 is 0. The molecule has 0 aliphatic carbocycles. The van der Waals surface area contributed by atoms with Gasteiger partial charge in [-0.2, -0.15) is 0 Å². The van der Waals surface area contributed by atoms with Crippen molar-refractivity contribution in [1.82, 2.24) is 29.2 Å². The number of nitrogens with one attached hydrogen (secondary N) is 1. The standard InChI is InChI=1S/C29H30N8O3/c1-5-23(39)37-17(2)16-36(19(4)38)18(3)25(37)28-34-24(26-27(30)32-14-15-35(26)28)20-9-11-21(12-10-20)29(40)33-22-8-6-7-13-31-22/h5-15,17-18,25H,1,16H2,2-4H3,(H2,30,32)(H,31,33,40)/t17-,18-,25?/m0/s1. The number of rotatable bonds is 5. The maximum atomic E-state index is 13.1. The summed E-state index contributed by atoms with van der Waals surface area (Å²) in [4.78, 5) is 55.2. The van der Waals surface area contributed by atoms with E-state index in [0.717, 1.165) is 0 Å². The Morgan fingerprint density at radius 3 is 2.48 bits per heavy atom. The van der Waals surface area contributed by atoms with E-state index in [-0.39, 0.29) is 35.6 Å². The molecule has 11 heteroatoms. The maximum absolute atomic E-state index is 13.1. The second-order valence-corrected chi connectivity index (χ2v) is 9.75. The number of piperazine rings is 1. The molecule has 1 aromatic carbocycles. The van der Waals surface area contributed by atoms with Crippen molar-refractivity contribution < 1.29 is 14.4 Å². The lowest BCUT2D eigenvalue weighted by molar-refractivity contribution is -0.147. The van der Waals surface area contributed by atoms with Crippen molar-refractivity contribution in [3.05, 3.63) is 85.1 Å². The molecule has 0 radical (unpaired) electrons. The van der Waals surface area contributed by atoms with Crippen LogP contribution in [-0.2, 0) is 9.59 Å². The van der Waals surface area contributed by atoms with Crippen molar-refractivity contribution in [2.75, 3.05) is 17.6 Å². The number of aromatic nitrogens is 4. The fourth-order valence-electron chi connectivity index (χ4n) is 5.33. The van der Waals surface area contributed by atoms with Crippen molar-refractivity contribution in [1.29, 1.82) is 0 Å². The van der Waals surface area contributed by atoms with Crippen molar-refractivity contribution in [2.24, 2.45) is 0 Å². The number of anilines is 2. The van der Waals surface area contributed by atoms with Gasteiger partial charge in [0.05, 0.1) is 6.04 Å². The van der Waals surface area contributed by atoms with Gasteiger partial charge in [0.25, 0.3) is 5.91 Å². The monoisotopic (exact) mass is 538 g/mol. The highest BCUT2D eigenvalue weighted by Gasteiger charge is 2.44. The number of hydrogen-bond donors (Lipinski definition) is 2. The minimum atomic E-state index is -0.579. The predicted molar refractivity (Wildman–Crippen MR) is 151 cm³/mol. The Bertz CT molecular complexity index is 1600. The highest BCUT2D eigenvalue weighted by molar-refractivity contribution is 6.04. The summed E-state index contributed by atoms with van der Waals surface area (Å²) in [6.07, 6.45) is 6.20. The summed E-state index contributed by atoms with van der Waals surface area (Å²) < 4.78 is 1.82. The van der Waals surface area contributed by atoms with E-state index < -0.39 is 6.04 Å². The first-order chi connectivity index (χ1) is 19.2. The first-order valence-corrected chi connectivity index (χ1v) is 12.9. The molecule has 1 fully saturated rings. The first-order valence-electron chi connectivity index (χ1n) is 12.9. The fraction of sp³-hybridized carbons (Fsp3) is 0.241. The van der Waals surface area contributed by atoms with Crippen LogP contribution < -0.4 is 11.1 Å². The number of carbonyl (C=O) groups excluding carboxylic acids is 3. The fourth-order valence-corrected chi connectivity index (χ4v) is 5.33. The van der Waals surface area contributed by atoms with Gasteiger partial charge in [0.15, 0.2) is 0 Å². The topological polar surface area (TPSA) is 139 Å². The van der Waals surface area contributed by atoms with Crippen molar-refractivity contribution >= 4 is 34.9 Å². The molecule has 4 heterocycles. The second kappa shape index (κ2) is 10.6. The molecule has 0 spiro atoms. The molecule has 1 saturated heterocycles. The Hall–Kier alpha value is -5.06. The summed E-state index contributed by atoms with van der Waals surface area (Å²) in [6, 6.07) is 11.0. The summed E-state index contributed by atoms with van der Waals surface area (Å²) in [5.41, 5.74) is 8.61. The largest absolute Gasteiger partial charge is 0.382 e. The lowest BCUT2D eigenvalue weighted by Crippen LogP contribution is -2.60. The van der Waals surface area contributed by atoms with Crippen LogP contribution in [0.15, 0.2) is 73.7 Å². The molecule has 40 heavy (non-hydrogen) atoms. The summed E-state index contributed by atoms with van der Waals surface area (Å²) in [7, 11) is 0. The van der Waals surface area contributed by atoms with Gasteiger partial charge in [-0.05, 0) is 44.2 Å². The molecular weight excluding hydrogens is 508 g/mol. The number of hydrogen-bond acceptors (Lipinski definition) is 7. The molecule has 3 atom stereocenters. The zero-order valence-electron chi connectivity index (χ0n) is 22.5. The number of nitrogens with zero attached hydrogens (tertiary/aromatic N) is 6. The summed E-state index contributed by atoms with van der Waals surface area (Å²) in [5.74, 6) is 0.614. The Kier molecular flexibility index (Phi) is 7.03. The second-order valence-electron chi connectivity index (χ2n) is 9.75. The first kappa shape index (κ1) is 26.5. The van der Waals surface area contributed by atoms with Gasteiger partial charge in [-0.3, -0.25) is 18.8 Å². The average Bonchev–Trinajstić information content (AvgIpc) is 3.34. The number of nitrogen functional groups attached to an aromatic ring is 1. The van der Waals surface area contributed by atoms with Crippen LogP contribution in [0.5, 0.6) is 0 Å². The van der Waals surface area contributed by atoms with E-state index >= 15 is 0 Å². The molecule has 11 nitrogen and oxygen atoms in total. The number of fused-ring (bicyclic) bond motifs is 1. The number of nitrogens with two attached hydrogens (primary N) is 1. The van der Waals surface area contributed by atoms with E-state index in [4.69, 9.17) is 10.7 Å². The van der Waals surface area contributed by atoms with Gasteiger partial charge in [0.1, 0.15) is 34.7 Å². The molecule has 3 N–H and O–H groups in total. The van der Waals surface area contributed by atoms with E-state index in [1.807, 2.05) is 18.2 Å². The Morgan fingerprint density at radius 2 is 1.82 bits per heavy atom. The molecule has 0 saturated carbocycles. The SMILES string of the molecule is C=CC(=O)N1C(c2nc(-c3ccc(C(=O)Nc4ccccn4)cc3)c3c(N)nccn23)[C@H](C)N(C(C)=O)C[C@@H]1C. The van der Waals surface area contributed by atoms with Gasteiger partial charge >= 0.3 is 0 Å². The van der Waals surface area contributed by atoms with E-state index in [0.29, 0.717) is 40.5 Å². The van der Waals surface area contributed by atoms with Crippen LogP contribution in [0.3, 0.4) is 0 Å². The van der Waals surface area contributed by atoms with Crippen LogP contribution in [-0.4, -0.2) is 65.5 Å². The van der Waals surface area contributed by atoms with Gasteiger partial charge in [-0.25, -0.2) is 15.0 Å². The van der Waals surface area contributed by atoms with E-state index in [1.54, 1.807) is 70.9 Å². The van der Waals surface area contributed by atoms with Crippen LogP contribution in [0, 0.1) is 0 Å². The third kappa shape index (κ3) is 4.66. The highest BCUT2D eigenvalue weighted by Crippen LogP contribution is 2.38. The van der Waals surface area contributed by atoms with Crippen molar-refractivity contribution in [3.63, 3.8) is 0 Å². The van der Waals surface area contributed by atoms with Crippen molar-refractivity contribution in [3.8, 4) is 11.3 Å². The molecular formula is C29H30N8O3. The van der Waals surface area contributed by atoms with E-state index in [1.165, 1.54) is 13.0 Å². The summed E-state index contributed by atoms with van der Waals surface area (Å²) in [6.45, 7) is 9.41. The average molecular weight is 539 g/mol. The third-order valence-electron chi connectivity index (χ3n) is 7.22. The Labute approximate surface area is 231 Å². The van der Waals surface area contributed by atoms with Crippen LogP contribution in [0.2, 0.25) is 0 Å². The van der Waals surface area contributed by atoms with E-state index in [9.17, 15) is 14.4 Å². The zero-order chi connectivity index (χ0) is 28.6. The van der Waals surface area contributed by atoms with Crippen LogP contribution in [0.4, 0.5) is 11.6 Å². The quantitative estimate of drug-likeness (QED) is 0.372. The smallest absolute Gasteiger partial charge is 0.256 e. The predicted octanol–water partition coefficient (Wildman–Crippen LogP) is 3.32.